The Morgan fingerprint density at radius 3 is 2.52 bits per heavy atom. The quantitative estimate of drug-likeness (QED) is 0.565. The van der Waals surface area contributed by atoms with Crippen molar-refractivity contribution < 1.29 is 9.21 Å². The van der Waals surface area contributed by atoms with Gasteiger partial charge in [0.05, 0.1) is 5.52 Å². The summed E-state index contributed by atoms with van der Waals surface area (Å²) in [5.74, 6) is -0.412. The number of hydrogen-bond donors (Lipinski definition) is 1. The second kappa shape index (κ2) is 9.94. The number of oxazole rings is 1. The summed E-state index contributed by atoms with van der Waals surface area (Å²) in [6, 6.07) is 15.9. The van der Waals surface area contributed by atoms with Crippen molar-refractivity contribution in [2.24, 2.45) is 7.05 Å². The molecule has 1 aliphatic rings. The Bertz CT molecular complexity index is 1070. The van der Waals surface area contributed by atoms with Crippen LogP contribution in [0.2, 0.25) is 0 Å². The molecule has 7 heteroatoms. The van der Waals surface area contributed by atoms with E-state index in [9.17, 15) is 9.59 Å². The van der Waals surface area contributed by atoms with Gasteiger partial charge in [-0.1, -0.05) is 30.3 Å². The van der Waals surface area contributed by atoms with Gasteiger partial charge in [-0.05, 0) is 37.1 Å². The maximum atomic E-state index is 12.3. The fourth-order valence-corrected chi connectivity index (χ4v) is 4.07. The molecular formula is C24H30N4O3. The number of nitrogens with zero attached hydrogens (tertiary/aromatic N) is 3. The van der Waals surface area contributed by atoms with E-state index in [1.54, 1.807) is 25.2 Å². The van der Waals surface area contributed by atoms with Crippen LogP contribution in [0.15, 0.2) is 57.7 Å². The normalized spacial score (nSPS) is 15.4. The molecule has 1 aliphatic heterocycles. The van der Waals surface area contributed by atoms with Crippen LogP contribution in [0, 0.1) is 0 Å². The molecule has 1 N–H and O–H groups in total. The first kappa shape index (κ1) is 21.3. The number of carbonyl (C=O) groups is 1. The summed E-state index contributed by atoms with van der Waals surface area (Å²) in [7, 11) is 1.66. The number of amides is 1. The lowest BCUT2D eigenvalue weighted by Crippen LogP contribution is -2.46. The van der Waals surface area contributed by atoms with Gasteiger partial charge in [0.1, 0.15) is 0 Å². The topological polar surface area (TPSA) is 70.7 Å². The zero-order valence-corrected chi connectivity index (χ0v) is 18.0. The highest BCUT2D eigenvalue weighted by Crippen LogP contribution is 2.18. The second-order valence-corrected chi connectivity index (χ2v) is 8.22. The number of unbranched alkanes of at least 4 members (excludes halogenated alkanes) is 1. The van der Waals surface area contributed by atoms with Gasteiger partial charge >= 0.3 is 5.76 Å². The van der Waals surface area contributed by atoms with Crippen molar-refractivity contribution in [2.75, 3.05) is 38.0 Å². The van der Waals surface area contributed by atoms with Gasteiger partial charge in [0.25, 0.3) is 0 Å². The molecular weight excluding hydrogens is 392 g/mol. The Hall–Kier alpha value is -2.90. The molecule has 0 saturated carbocycles. The third kappa shape index (κ3) is 5.62. The van der Waals surface area contributed by atoms with E-state index in [1.807, 2.05) is 0 Å². The largest absolute Gasteiger partial charge is 0.419 e. The smallest absolute Gasteiger partial charge is 0.408 e. The SMILES string of the molecule is Cn1c(=O)oc2cc(NC(=O)CCCCN3CCN(Cc4ccccc4)CC3)ccc21. The second-order valence-electron chi connectivity index (χ2n) is 8.22. The third-order valence-corrected chi connectivity index (χ3v) is 5.92. The minimum absolute atomic E-state index is 0.00897. The van der Waals surface area contributed by atoms with Crippen LogP contribution in [0.1, 0.15) is 24.8 Å². The van der Waals surface area contributed by atoms with E-state index in [2.05, 4.69) is 45.4 Å². The number of piperazine rings is 1. The molecule has 0 spiro atoms. The summed E-state index contributed by atoms with van der Waals surface area (Å²) < 4.78 is 6.62. The average Bonchev–Trinajstić information content (AvgIpc) is 3.06. The number of benzene rings is 2. The molecule has 1 fully saturated rings. The lowest BCUT2D eigenvalue weighted by molar-refractivity contribution is -0.116. The summed E-state index contributed by atoms with van der Waals surface area (Å²) >= 11 is 0. The molecule has 1 aromatic heterocycles. The van der Waals surface area contributed by atoms with Crippen LogP contribution in [0.4, 0.5) is 5.69 Å². The lowest BCUT2D eigenvalue weighted by atomic mass is 10.2. The zero-order chi connectivity index (χ0) is 21.6. The van der Waals surface area contributed by atoms with E-state index in [0.717, 1.165) is 52.1 Å². The lowest BCUT2D eigenvalue weighted by Gasteiger charge is -2.34. The molecule has 164 valence electrons. The Morgan fingerprint density at radius 2 is 1.74 bits per heavy atom. The van der Waals surface area contributed by atoms with Gasteiger partial charge in [0.15, 0.2) is 5.58 Å². The standard InChI is InChI=1S/C24H30N4O3/c1-26-21-11-10-20(17-22(21)31-24(26)30)25-23(29)9-5-6-12-27-13-15-28(16-14-27)18-19-7-3-2-4-8-19/h2-4,7-8,10-11,17H,5-6,9,12-16,18H2,1H3,(H,25,29). The van der Waals surface area contributed by atoms with Gasteiger partial charge in [0, 0.05) is 57.9 Å². The van der Waals surface area contributed by atoms with Crippen LogP contribution in [-0.4, -0.2) is 53.0 Å². The van der Waals surface area contributed by atoms with Gasteiger partial charge in [-0.3, -0.25) is 14.3 Å². The summed E-state index contributed by atoms with van der Waals surface area (Å²) in [6.07, 6.45) is 2.36. The van der Waals surface area contributed by atoms with Crippen molar-refractivity contribution >= 4 is 22.7 Å². The summed E-state index contributed by atoms with van der Waals surface area (Å²) in [5.41, 5.74) is 3.22. The summed E-state index contributed by atoms with van der Waals surface area (Å²) in [5, 5.41) is 2.90. The third-order valence-electron chi connectivity index (χ3n) is 5.92. The Balaban J connectivity index is 1.13. The Morgan fingerprint density at radius 1 is 1.00 bits per heavy atom. The molecule has 7 nitrogen and oxygen atoms in total. The summed E-state index contributed by atoms with van der Waals surface area (Å²) in [4.78, 5) is 28.8. The highest BCUT2D eigenvalue weighted by molar-refractivity contribution is 5.92. The van der Waals surface area contributed by atoms with Crippen LogP contribution in [0.5, 0.6) is 0 Å². The molecule has 1 saturated heterocycles. The summed E-state index contributed by atoms with van der Waals surface area (Å²) in [6.45, 7) is 6.41. The van der Waals surface area contributed by atoms with Crippen LogP contribution >= 0.6 is 0 Å². The number of aryl methyl sites for hydroxylation is 1. The van der Waals surface area contributed by atoms with Gasteiger partial charge < -0.3 is 14.6 Å². The highest BCUT2D eigenvalue weighted by atomic mass is 16.4. The van der Waals surface area contributed by atoms with Gasteiger partial charge in [-0.15, -0.1) is 0 Å². The van der Waals surface area contributed by atoms with Crippen molar-refractivity contribution in [1.82, 2.24) is 14.4 Å². The van der Waals surface area contributed by atoms with Crippen molar-refractivity contribution in [3.05, 3.63) is 64.6 Å². The molecule has 0 radical (unpaired) electrons. The number of fused-ring (bicyclic) bond motifs is 1. The fourth-order valence-electron chi connectivity index (χ4n) is 4.07. The molecule has 0 aliphatic carbocycles. The van der Waals surface area contributed by atoms with E-state index in [-0.39, 0.29) is 5.91 Å². The first-order valence-electron chi connectivity index (χ1n) is 11.0. The predicted octanol–water partition coefficient (Wildman–Crippen LogP) is 3.06. The molecule has 3 aromatic rings. The molecule has 2 heterocycles. The van der Waals surface area contributed by atoms with E-state index in [0.29, 0.717) is 23.2 Å². The Labute approximate surface area is 182 Å². The molecule has 1 amide bonds. The number of hydrogen-bond acceptors (Lipinski definition) is 5. The van der Waals surface area contributed by atoms with Gasteiger partial charge in [-0.2, -0.15) is 0 Å². The van der Waals surface area contributed by atoms with E-state index in [4.69, 9.17) is 4.42 Å². The van der Waals surface area contributed by atoms with Crippen molar-refractivity contribution in [1.29, 1.82) is 0 Å². The van der Waals surface area contributed by atoms with Gasteiger partial charge in [-0.25, -0.2) is 4.79 Å². The number of nitrogens with one attached hydrogen (secondary N) is 1. The fraction of sp³-hybridized carbons (Fsp3) is 0.417. The molecule has 4 rings (SSSR count). The van der Waals surface area contributed by atoms with Gasteiger partial charge in [0.2, 0.25) is 5.91 Å². The molecule has 2 aromatic carbocycles. The van der Waals surface area contributed by atoms with E-state index < -0.39 is 5.76 Å². The first-order valence-corrected chi connectivity index (χ1v) is 11.0. The van der Waals surface area contributed by atoms with Crippen LogP contribution in [0.3, 0.4) is 0 Å². The zero-order valence-electron chi connectivity index (χ0n) is 18.0. The molecule has 0 atom stereocenters. The number of aromatic nitrogens is 1. The average molecular weight is 423 g/mol. The van der Waals surface area contributed by atoms with E-state index in [1.165, 1.54) is 10.1 Å². The number of anilines is 1. The number of carbonyl (C=O) groups excluding carboxylic acids is 1. The van der Waals surface area contributed by atoms with Crippen LogP contribution < -0.4 is 11.1 Å². The first-order chi connectivity index (χ1) is 15.1. The van der Waals surface area contributed by atoms with E-state index >= 15 is 0 Å². The van der Waals surface area contributed by atoms with Crippen LogP contribution in [-0.2, 0) is 18.4 Å². The maximum absolute atomic E-state index is 12.3. The van der Waals surface area contributed by atoms with Crippen molar-refractivity contribution in [3.8, 4) is 0 Å². The van der Waals surface area contributed by atoms with Crippen LogP contribution in [0.25, 0.3) is 11.1 Å². The highest BCUT2D eigenvalue weighted by Gasteiger charge is 2.16. The monoisotopic (exact) mass is 422 g/mol. The minimum Gasteiger partial charge on any atom is -0.408 e. The molecule has 31 heavy (non-hydrogen) atoms. The number of rotatable bonds is 8. The van der Waals surface area contributed by atoms with Crippen molar-refractivity contribution in [2.45, 2.75) is 25.8 Å². The molecule has 0 bridgehead atoms. The minimum atomic E-state index is -0.403. The Kier molecular flexibility index (Phi) is 6.84. The maximum Gasteiger partial charge on any atom is 0.419 e. The molecule has 0 unspecified atom stereocenters. The predicted molar refractivity (Wildman–Crippen MR) is 122 cm³/mol. The van der Waals surface area contributed by atoms with Crippen molar-refractivity contribution in [3.63, 3.8) is 0 Å².